The topological polar surface area (TPSA) is 246 Å². The third-order valence-corrected chi connectivity index (χ3v) is 9.58. The second-order valence-corrected chi connectivity index (χ2v) is 13.9. The van der Waals surface area contributed by atoms with Gasteiger partial charge in [0.25, 0.3) is 0 Å². The zero-order chi connectivity index (χ0) is 42.1. The number of amides is 1. The number of nitrogen functional groups attached to an aromatic ring is 3. The normalized spacial score (nSPS) is 12.6. The molecule has 1 saturated carbocycles. The Hall–Kier alpha value is -7.68. The van der Waals surface area contributed by atoms with Crippen molar-refractivity contribution in [2.75, 3.05) is 22.5 Å². The van der Waals surface area contributed by atoms with Crippen molar-refractivity contribution in [3.05, 3.63) is 120 Å². The standard InChI is InChI=1S/C22H19F2N7O2.C17H13F2N7O.ClH/c1-22(6-7-22)21(32)27-16-10-26-20(28-19(16)25)15-9-17(14-5-8-33-30-14)31(29-15)11-12-3-2-4-13(23)18(12)24;18-10-3-1-2-9(15(10)19)8-26-14(12-4-5-27-25-12)6-13(24-26)17-22-7-11(20)16(21)23-17;/h2-5,8-10H,6-7,11H2,1H3,(H,27,32)(H2,25,26,28);1-7H,8,20H2,(H2,21,22,23);1H. The minimum atomic E-state index is -0.953. The lowest BCUT2D eigenvalue weighted by Gasteiger charge is -2.11. The van der Waals surface area contributed by atoms with Crippen LogP contribution in [0, 0.1) is 28.7 Å². The number of carbonyl (C=O) groups excluding carboxylic acids is 1. The van der Waals surface area contributed by atoms with Crippen LogP contribution in [-0.4, -0.2) is 55.7 Å². The van der Waals surface area contributed by atoms with E-state index in [1.165, 1.54) is 58.5 Å². The molecule has 312 valence electrons. The molecule has 0 atom stereocenters. The molecule has 8 aromatic rings. The second kappa shape index (κ2) is 16.9. The summed E-state index contributed by atoms with van der Waals surface area (Å²) in [5.41, 5.74) is 20.5. The van der Waals surface area contributed by atoms with Crippen LogP contribution in [0.3, 0.4) is 0 Å². The third-order valence-electron chi connectivity index (χ3n) is 9.58. The van der Waals surface area contributed by atoms with Gasteiger partial charge in [0.15, 0.2) is 46.6 Å². The summed E-state index contributed by atoms with van der Waals surface area (Å²) in [4.78, 5) is 29.1. The fraction of sp³-hybridized carbons (Fsp3) is 0.154. The van der Waals surface area contributed by atoms with E-state index in [2.05, 4.69) is 45.8 Å². The number of hydrogen-bond acceptors (Lipinski definition) is 14. The Balaban J connectivity index is 0.000000185. The van der Waals surface area contributed by atoms with E-state index in [4.69, 9.17) is 26.2 Å². The van der Waals surface area contributed by atoms with Crippen LogP contribution < -0.4 is 22.5 Å². The molecule has 0 radical (unpaired) electrons. The van der Waals surface area contributed by atoms with E-state index in [-0.39, 0.29) is 76.9 Å². The van der Waals surface area contributed by atoms with Crippen molar-refractivity contribution in [3.8, 4) is 45.8 Å². The van der Waals surface area contributed by atoms with Crippen molar-refractivity contribution in [2.45, 2.75) is 32.9 Å². The highest BCUT2D eigenvalue weighted by atomic mass is 35.5. The Morgan fingerprint density at radius 3 is 1.66 bits per heavy atom. The molecule has 9 rings (SSSR count). The minimum absolute atomic E-state index is 0. The second-order valence-electron chi connectivity index (χ2n) is 13.9. The first-order chi connectivity index (χ1) is 28.9. The molecule has 0 unspecified atom stereocenters. The van der Waals surface area contributed by atoms with Gasteiger partial charge in [-0.15, -0.1) is 12.4 Å². The quantitative estimate of drug-likeness (QED) is 0.107. The van der Waals surface area contributed by atoms with Gasteiger partial charge in [0, 0.05) is 28.7 Å². The fourth-order valence-corrected chi connectivity index (χ4v) is 5.89. The number of halogens is 5. The van der Waals surface area contributed by atoms with Gasteiger partial charge in [-0.1, -0.05) is 41.5 Å². The number of rotatable bonds is 10. The maximum atomic E-state index is 14.3. The van der Waals surface area contributed by atoms with Gasteiger partial charge in [0.2, 0.25) is 5.91 Å². The van der Waals surface area contributed by atoms with Gasteiger partial charge in [-0.25, -0.2) is 37.5 Å². The van der Waals surface area contributed by atoms with Gasteiger partial charge in [-0.3, -0.25) is 14.2 Å². The van der Waals surface area contributed by atoms with Gasteiger partial charge in [-0.2, -0.15) is 10.2 Å². The van der Waals surface area contributed by atoms with Crippen molar-refractivity contribution >= 4 is 41.3 Å². The van der Waals surface area contributed by atoms with Crippen LogP contribution in [0.5, 0.6) is 0 Å². The highest BCUT2D eigenvalue weighted by molar-refractivity contribution is 5.98. The summed E-state index contributed by atoms with van der Waals surface area (Å²) in [5, 5.41) is 19.4. The van der Waals surface area contributed by atoms with Gasteiger partial charge >= 0.3 is 0 Å². The molecule has 1 aliphatic rings. The molecule has 0 saturated heterocycles. The first-order valence-corrected chi connectivity index (χ1v) is 18.0. The summed E-state index contributed by atoms with van der Waals surface area (Å²) in [6, 6.07) is 14.4. The Kier molecular flexibility index (Phi) is 11.5. The lowest BCUT2D eigenvalue weighted by atomic mass is 10.1. The zero-order valence-corrected chi connectivity index (χ0v) is 32.6. The number of benzene rings is 2. The molecule has 1 amide bonds. The summed E-state index contributed by atoms with van der Waals surface area (Å²) in [6.45, 7) is 1.79. The molecule has 22 heteroatoms. The van der Waals surface area contributed by atoms with E-state index in [0.29, 0.717) is 39.9 Å². The Bertz CT molecular complexity index is 2850. The molecule has 2 aromatic carbocycles. The largest absolute Gasteiger partial charge is 0.394 e. The molecule has 0 bridgehead atoms. The van der Waals surface area contributed by atoms with Crippen molar-refractivity contribution < 1.29 is 31.4 Å². The summed E-state index contributed by atoms with van der Waals surface area (Å²) >= 11 is 0. The molecule has 1 aliphatic carbocycles. The number of aromatic nitrogens is 10. The molecule has 6 aromatic heterocycles. The molecule has 0 spiro atoms. The summed E-state index contributed by atoms with van der Waals surface area (Å²) in [5.74, 6) is -3.25. The molecule has 1 fully saturated rings. The predicted molar refractivity (Wildman–Crippen MR) is 215 cm³/mol. The van der Waals surface area contributed by atoms with Crippen LogP contribution in [0.2, 0.25) is 0 Å². The number of nitrogens with zero attached hydrogens (tertiary/aromatic N) is 10. The summed E-state index contributed by atoms with van der Waals surface area (Å²) in [7, 11) is 0. The number of nitrogens with two attached hydrogens (primary N) is 3. The van der Waals surface area contributed by atoms with Gasteiger partial charge in [-0.05, 0) is 37.1 Å². The van der Waals surface area contributed by atoms with Crippen LogP contribution in [0.15, 0.2) is 94.6 Å². The summed E-state index contributed by atoms with van der Waals surface area (Å²) < 4.78 is 68.3. The molecule has 6 heterocycles. The van der Waals surface area contributed by atoms with Crippen LogP contribution in [0.25, 0.3) is 45.8 Å². The van der Waals surface area contributed by atoms with E-state index in [1.807, 2.05) is 6.92 Å². The van der Waals surface area contributed by atoms with Crippen LogP contribution in [-0.2, 0) is 17.9 Å². The number of anilines is 4. The predicted octanol–water partition coefficient (Wildman–Crippen LogP) is 6.55. The van der Waals surface area contributed by atoms with E-state index in [1.54, 1.807) is 24.3 Å². The highest BCUT2D eigenvalue weighted by Gasteiger charge is 2.45. The van der Waals surface area contributed by atoms with Crippen molar-refractivity contribution in [2.24, 2.45) is 5.41 Å². The average molecular weight is 857 g/mol. The molecule has 61 heavy (non-hydrogen) atoms. The minimum Gasteiger partial charge on any atom is -0.394 e. The van der Waals surface area contributed by atoms with Gasteiger partial charge in [0.1, 0.15) is 41.0 Å². The number of carbonyl (C=O) groups is 1. The van der Waals surface area contributed by atoms with Crippen LogP contribution >= 0.6 is 12.4 Å². The number of hydrogen-bond donors (Lipinski definition) is 4. The van der Waals surface area contributed by atoms with Gasteiger partial charge in [0.05, 0.1) is 42.6 Å². The SMILES string of the molecule is CC1(C(=O)Nc2cnc(-c3cc(-c4ccon4)n(Cc4cccc(F)c4F)n3)nc2N)CC1.Cl.Nc1cnc(-c2cc(-c3ccon3)n(Cc3cccc(F)c3F)n2)nc1N. The van der Waals surface area contributed by atoms with E-state index < -0.39 is 23.3 Å². The lowest BCUT2D eigenvalue weighted by molar-refractivity contribution is -0.120. The maximum Gasteiger partial charge on any atom is 0.230 e. The maximum absolute atomic E-state index is 14.3. The molecule has 7 N–H and O–H groups in total. The first kappa shape index (κ1) is 41.5. The summed E-state index contributed by atoms with van der Waals surface area (Å²) in [6.07, 6.45) is 7.23. The zero-order valence-electron chi connectivity index (χ0n) is 31.8. The molecular formula is C39H33ClF4N14O3. The van der Waals surface area contributed by atoms with E-state index in [0.717, 1.165) is 25.0 Å². The monoisotopic (exact) mass is 856 g/mol. The molecule has 0 aliphatic heterocycles. The molecule has 17 nitrogen and oxygen atoms in total. The number of nitrogens with one attached hydrogen (secondary N) is 1. The molecular weight excluding hydrogens is 824 g/mol. The smallest absolute Gasteiger partial charge is 0.230 e. The van der Waals surface area contributed by atoms with Crippen LogP contribution in [0.1, 0.15) is 30.9 Å². The Labute approximate surface area is 348 Å². The third kappa shape index (κ3) is 8.71. The van der Waals surface area contributed by atoms with Crippen molar-refractivity contribution in [1.82, 2.24) is 49.8 Å². The fourth-order valence-electron chi connectivity index (χ4n) is 5.89. The Morgan fingerprint density at radius 1 is 0.721 bits per heavy atom. The average Bonchev–Trinajstić information content (AvgIpc) is 3.82. The van der Waals surface area contributed by atoms with Crippen molar-refractivity contribution in [1.29, 1.82) is 0 Å². The van der Waals surface area contributed by atoms with Crippen molar-refractivity contribution in [3.63, 3.8) is 0 Å². The lowest BCUT2D eigenvalue weighted by Crippen LogP contribution is -2.22. The highest BCUT2D eigenvalue weighted by Crippen LogP contribution is 2.46. The Morgan fingerprint density at radius 2 is 1.21 bits per heavy atom. The van der Waals surface area contributed by atoms with Crippen LogP contribution in [0.4, 0.5) is 40.6 Å². The van der Waals surface area contributed by atoms with E-state index in [9.17, 15) is 22.4 Å². The van der Waals surface area contributed by atoms with E-state index >= 15 is 0 Å². The first-order valence-electron chi connectivity index (χ1n) is 18.0. The van der Waals surface area contributed by atoms with Gasteiger partial charge < -0.3 is 31.6 Å².